The fourth-order valence-corrected chi connectivity index (χ4v) is 3.21. The molecule has 0 atom stereocenters. The summed E-state index contributed by atoms with van der Waals surface area (Å²) in [6.45, 7) is 1.89. The summed E-state index contributed by atoms with van der Waals surface area (Å²) in [4.78, 5) is 31.7. The van der Waals surface area contributed by atoms with Crippen LogP contribution < -0.4 is 15.4 Å². The van der Waals surface area contributed by atoms with Crippen LogP contribution in [0.1, 0.15) is 17.3 Å². The van der Waals surface area contributed by atoms with Gasteiger partial charge >= 0.3 is 11.7 Å². The monoisotopic (exact) mass is 471 g/mol. The predicted octanol–water partition coefficient (Wildman–Crippen LogP) is 5.84. The molecule has 10 heteroatoms. The maximum atomic E-state index is 12.3. The number of para-hydroxylation sites is 2. The fraction of sp³-hybridized carbons (Fsp3) is 0.0800. The van der Waals surface area contributed by atoms with E-state index in [1.54, 1.807) is 55.5 Å². The molecule has 4 aromatic rings. The molecule has 1 heterocycles. The van der Waals surface area contributed by atoms with Crippen molar-refractivity contribution in [2.45, 2.75) is 6.92 Å². The van der Waals surface area contributed by atoms with Crippen LogP contribution in [0.5, 0.6) is 11.5 Å². The average Bonchev–Trinajstić information content (AvgIpc) is 2.86. The highest BCUT2D eigenvalue weighted by Crippen LogP contribution is 2.34. The number of esters is 1. The van der Waals surface area contributed by atoms with Gasteiger partial charge in [0.25, 0.3) is 0 Å². The first-order valence-electron chi connectivity index (χ1n) is 10.7. The van der Waals surface area contributed by atoms with Crippen LogP contribution in [-0.2, 0) is 4.74 Å². The Kier molecular flexibility index (Phi) is 7.12. The Morgan fingerprint density at radius 2 is 1.51 bits per heavy atom. The number of carbonyl (C=O) groups is 1. The molecule has 1 aromatic heterocycles. The molecule has 3 aromatic carbocycles. The zero-order valence-electron chi connectivity index (χ0n) is 18.7. The summed E-state index contributed by atoms with van der Waals surface area (Å²) in [6.07, 6.45) is 1.19. The van der Waals surface area contributed by atoms with E-state index in [1.807, 2.05) is 30.3 Å². The molecular weight excluding hydrogens is 450 g/mol. The van der Waals surface area contributed by atoms with Gasteiger partial charge in [-0.25, -0.2) is 14.8 Å². The number of nitrogens with one attached hydrogen (secondary N) is 2. The van der Waals surface area contributed by atoms with Gasteiger partial charge in [-0.1, -0.05) is 30.3 Å². The Morgan fingerprint density at radius 1 is 0.886 bits per heavy atom. The number of ether oxygens (including phenoxy) is 2. The van der Waals surface area contributed by atoms with Gasteiger partial charge in [0.1, 0.15) is 17.8 Å². The Morgan fingerprint density at radius 3 is 2.20 bits per heavy atom. The first-order chi connectivity index (χ1) is 17.0. The van der Waals surface area contributed by atoms with Crippen molar-refractivity contribution in [3.05, 3.63) is 101 Å². The summed E-state index contributed by atoms with van der Waals surface area (Å²) in [5.74, 6) is 0.657. The van der Waals surface area contributed by atoms with Crippen molar-refractivity contribution in [1.29, 1.82) is 0 Å². The fourth-order valence-electron chi connectivity index (χ4n) is 3.21. The number of nitrogens with zero attached hydrogens (tertiary/aromatic N) is 3. The van der Waals surface area contributed by atoms with Gasteiger partial charge in [-0.15, -0.1) is 0 Å². The van der Waals surface area contributed by atoms with Crippen LogP contribution in [0.25, 0.3) is 0 Å². The Balaban J connectivity index is 1.58. The van der Waals surface area contributed by atoms with E-state index >= 15 is 0 Å². The van der Waals surface area contributed by atoms with Crippen LogP contribution in [0.15, 0.2) is 85.2 Å². The van der Waals surface area contributed by atoms with Crippen LogP contribution >= 0.6 is 0 Å². The predicted molar refractivity (Wildman–Crippen MR) is 131 cm³/mol. The first kappa shape index (κ1) is 23.2. The van der Waals surface area contributed by atoms with Crippen molar-refractivity contribution in [3.8, 4) is 11.5 Å². The number of hydrogen-bond acceptors (Lipinski definition) is 9. The molecule has 0 saturated heterocycles. The van der Waals surface area contributed by atoms with Crippen LogP contribution in [-0.4, -0.2) is 27.5 Å². The van der Waals surface area contributed by atoms with E-state index in [2.05, 4.69) is 20.6 Å². The number of nitro groups is 1. The maximum Gasteiger partial charge on any atom is 0.353 e. The van der Waals surface area contributed by atoms with Gasteiger partial charge in [0.2, 0.25) is 11.6 Å². The molecule has 0 aliphatic carbocycles. The molecule has 0 aliphatic rings. The molecular formula is C25H21N5O5. The lowest BCUT2D eigenvalue weighted by Crippen LogP contribution is -2.10. The first-order valence-corrected chi connectivity index (χ1v) is 10.7. The number of rotatable bonds is 9. The van der Waals surface area contributed by atoms with Crippen LogP contribution in [0.3, 0.4) is 0 Å². The van der Waals surface area contributed by atoms with E-state index < -0.39 is 10.9 Å². The Labute approximate surface area is 200 Å². The van der Waals surface area contributed by atoms with E-state index in [0.29, 0.717) is 22.9 Å². The molecule has 0 saturated carbocycles. The second-order valence-corrected chi connectivity index (χ2v) is 7.13. The summed E-state index contributed by atoms with van der Waals surface area (Å²) in [6, 6.07) is 22.7. The van der Waals surface area contributed by atoms with Crippen molar-refractivity contribution < 1.29 is 19.2 Å². The summed E-state index contributed by atoms with van der Waals surface area (Å²) in [5.41, 5.74) is 0.729. The summed E-state index contributed by atoms with van der Waals surface area (Å²) < 4.78 is 10.8. The lowest BCUT2D eigenvalue weighted by atomic mass is 10.2. The van der Waals surface area contributed by atoms with Gasteiger partial charge in [-0.3, -0.25) is 10.1 Å². The third-order valence-electron chi connectivity index (χ3n) is 4.78. The topological polar surface area (TPSA) is 129 Å². The summed E-state index contributed by atoms with van der Waals surface area (Å²) in [7, 11) is 0. The molecule has 2 N–H and O–H groups in total. The molecule has 0 aliphatic heterocycles. The maximum absolute atomic E-state index is 12.3. The molecule has 35 heavy (non-hydrogen) atoms. The standard InChI is InChI=1S/C25H21N5O5/c1-2-34-25(31)20-10-6-7-11-21(20)29-24-22(30(32)33)23(26-16-27-24)28-17-12-14-19(15-13-17)35-18-8-4-3-5-9-18/h3-16H,2H2,1H3,(H2,26,27,28,29). The third kappa shape index (κ3) is 5.69. The second kappa shape index (κ2) is 10.8. The summed E-state index contributed by atoms with van der Waals surface area (Å²) >= 11 is 0. The lowest BCUT2D eigenvalue weighted by Gasteiger charge is -2.13. The Hall–Kier alpha value is -4.99. The quantitative estimate of drug-likeness (QED) is 0.176. The molecule has 0 spiro atoms. The zero-order valence-corrected chi connectivity index (χ0v) is 18.7. The smallest absolute Gasteiger partial charge is 0.353 e. The Bertz CT molecular complexity index is 1330. The molecule has 0 bridgehead atoms. The molecule has 0 fully saturated rings. The highest BCUT2D eigenvalue weighted by molar-refractivity contribution is 5.97. The van der Waals surface area contributed by atoms with E-state index in [-0.39, 0.29) is 29.5 Å². The van der Waals surface area contributed by atoms with Crippen molar-refractivity contribution in [2.24, 2.45) is 0 Å². The molecule has 0 unspecified atom stereocenters. The number of hydrogen-bond donors (Lipinski definition) is 2. The molecule has 0 amide bonds. The van der Waals surface area contributed by atoms with Gasteiger partial charge in [0.05, 0.1) is 22.8 Å². The molecule has 10 nitrogen and oxygen atoms in total. The largest absolute Gasteiger partial charge is 0.462 e. The van der Waals surface area contributed by atoms with Crippen LogP contribution in [0.4, 0.5) is 28.7 Å². The molecule has 4 rings (SSSR count). The van der Waals surface area contributed by atoms with Crippen molar-refractivity contribution >= 4 is 34.7 Å². The van der Waals surface area contributed by atoms with E-state index in [9.17, 15) is 14.9 Å². The highest BCUT2D eigenvalue weighted by Gasteiger charge is 2.24. The van der Waals surface area contributed by atoms with Crippen molar-refractivity contribution in [1.82, 2.24) is 9.97 Å². The van der Waals surface area contributed by atoms with Crippen LogP contribution in [0.2, 0.25) is 0 Å². The zero-order chi connectivity index (χ0) is 24.6. The second-order valence-electron chi connectivity index (χ2n) is 7.13. The van der Waals surface area contributed by atoms with E-state index in [0.717, 1.165) is 0 Å². The number of benzene rings is 3. The highest BCUT2D eigenvalue weighted by atomic mass is 16.6. The van der Waals surface area contributed by atoms with Crippen LogP contribution in [0, 0.1) is 10.1 Å². The van der Waals surface area contributed by atoms with Crippen molar-refractivity contribution in [2.75, 3.05) is 17.2 Å². The third-order valence-corrected chi connectivity index (χ3v) is 4.78. The molecule has 176 valence electrons. The van der Waals surface area contributed by atoms with Gasteiger partial charge in [0.15, 0.2) is 0 Å². The van der Waals surface area contributed by atoms with Gasteiger partial charge in [-0.05, 0) is 55.5 Å². The minimum atomic E-state index is -0.593. The van der Waals surface area contributed by atoms with Crippen molar-refractivity contribution in [3.63, 3.8) is 0 Å². The lowest BCUT2D eigenvalue weighted by molar-refractivity contribution is -0.383. The molecule has 0 radical (unpaired) electrons. The van der Waals surface area contributed by atoms with E-state index in [4.69, 9.17) is 9.47 Å². The van der Waals surface area contributed by atoms with E-state index in [1.165, 1.54) is 6.33 Å². The van der Waals surface area contributed by atoms with Gasteiger partial charge in [0, 0.05) is 5.69 Å². The SMILES string of the molecule is CCOC(=O)c1ccccc1Nc1ncnc(Nc2ccc(Oc3ccccc3)cc2)c1[N+](=O)[O-]. The number of carbonyl (C=O) groups excluding carboxylic acids is 1. The summed E-state index contributed by atoms with van der Waals surface area (Å²) in [5, 5.41) is 17.8. The van der Waals surface area contributed by atoms with Gasteiger partial charge < -0.3 is 20.1 Å². The minimum absolute atomic E-state index is 0.0159. The normalized spacial score (nSPS) is 10.3. The number of aromatic nitrogens is 2. The number of anilines is 4. The van der Waals surface area contributed by atoms with Gasteiger partial charge in [-0.2, -0.15) is 0 Å². The average molecular weight is 471 g/mol. The minimum Gasteiger partial charge on any atom is -0.462 e.